The quantitative estimate of drug-likeness (QED) is 0.405. The van der Waals surface area contributed by atoms with E-state index in [-0.39, 0.29) is 0 Å². The predicted molar refractivity (Wildman–Crippen MR) is 149 cm³/mol. The maximum Gasteiger partial charge on any atom is 0.146 e. The van der Waals surface area contributed by atoms with E-state index in [1.165, 1.54) is 39.0 Å². The smallest absolute Gasteiger partial charge is 0.146 e. The lowest BCUT2D eigenvalue weighted by Gasteiger charge is -2.41. The van der Waals surface area contributed by atoms with Crippen LogP contribution in [0.5, 0.6) is 5.75 Å². The number of likely N-dealkylation sites (N-methyl/N-ethyl adjacent to an activating group) is 1. The molecule has 3 heterocycles. The lowest BCUT2D eigenvalue weighted by molar-refractivity contribution is 0.0828. The number of nitrogen functional groups attached to an aromatic ring is 1. The summed E-state index contributed by atoms with van der Waals surface area (Å²) in [6.07, 6.45) is 8.61. The van der Waals surface area contributed by atoms with Crippen molar-refractivity contribution in [3.8, 4) is 16.9 Å². The zero-order valence-electron chi connectivity index (χ0n) is 21.6. The fourth-order valence-electron chi connectivity index (χ4n) is 5.99. The molecule has 2 N–H and O–H groups in total. The second-order valence-electron chi connectivity index (χ2n) is 10.5. The molecule has 2 fully saturated rings. The first-order chi connectivity index (χ1) is 18.2. The Morgan fingerprint density at radius 2 is 1.65 bits per heavy atom. The van der Waals surface area contributed by atoms with Crippen LogP contribution in [0.1, 0.15) is 37.3 Å². The highest BCUT2D eigenvalue weighted by Crippen LogP contribution is 2.39. The summed E-state index contributed by atoms with van der Waals surface area (Å²) in [5, 5.41) is 0.934. The van der Waals surface area contributed by atoms with Crippen LogP contribution in [0.3, 0.4) is 0 Å². The summed E-state index contributed by atoms with van der Waals surface area (Å²) in [4.78, 5) is 14.2. The largest absolute Gasteiger partial charge is 0.489 e. The van der Waals surface area contributed by atoms with Crippen LogP contribution in [0, 0.1) is 0 Å². The van der Waals surface area contributed by atoms with E-state index >= 15 is 0 Å². The van der Waals surface area contributed by atoms with E-state index in [4.69, 9.17) is 15.5 Å². The number of fused-ring (bicyclic) bond motifs is 1. The van der Waals surface area contributed by atoms with Crippen LogP contribution in [0.15, 0.2) is 67.1 Å². The molecule has 0 radical (unpaired) electrons. The van der Waals surface area contributed by atoms with Crippen LogP contribution in [-0.2, 0) is 6.61 Å². The molecule has 6 rings (SSSR count). The van der Waals surface area contributed by atoms with Crippen LogP contribution in [0.25, 0.3) is 22.2 Å². The molecule has 1 aliphatic heterocycles. The first-order valence-corrected chi connectivity index (χ1v) is 13.5. The van der Waals surface area contributed by atoms with Gasteiger partial charge in [0.1, 0.15) is 30.1 Å². The molecule has 2 aromatic carbocycles. The third-order valence-corrected chi connectivity index (χ3v) is 8.15. The van der Waals surface area contributed by atoms with Crippen molar-refractivity contribution in [1.29, 1.82) is 0 Å². The maximum absolute atomic E-state index is 6.43. The van der Waals surface area contributed by atoms with Crippen LogP contribution in [0.4, 0.5) is 5.82 Å². The Hall–Kier alpha value is -3.42. The van der Waals surface area contributed by atoms with Gasteiger partial charge in [0.2, 0.25) is 0 Å². The first-order valence-electron chi connectivity index (χ1n) is 13.5. The van der Waals surface area contributed by atoms with Crippen LogP contribution >= 0.6 is 0 Å². The van der Waals surface area contributed by atoms with Crippen molar-refractivity contribution in [3.63, 3.8) is 0 Å². The molecule has 1 aliphatic carbocycles. The number of hydrogen-bond donors (Lipinski definition) is 1. The minimum atomic E-state index is 0.423. The van der Waals surface area contributed by atoms with Gasteiger partial charge in [0.25, 0.3) is 0 Å². The van der Waals surface area contributed by atoms with Gasteiger partial charge in [-0.05, 0) is 56.0 Å². The second-order valence-corrected chi connectivity index (χ2v) is 10.5. The molecule has 2 aromatic heterocycles. The molecule has 0 amide bonds. The SMILES string of the molecule is CN1CCN(C2CCC(n3cc(-c4cccc(OCc5ccccc5)c4)c4c(N)ncnc43)CC2)CC1. The van der Waals surface area contributed by atoms with Gasteiger partial charge in [0.15, 0.2) is 0 Å². The molecule has 1 saturated carbocycles. The summed E-state index contributed by atoms with van der Waals surface area (Å²) in [6, 6.07) is 19.6. The van der Waals surface area contributed by atoms with Gasteiger partial charge in [-0.1, -0.05) is 42.5 Å². The highest BCUT2D eigenvalue weighted by atomic mass is 16.5. The van der Waals surface area contributed by atoms with Crippen molar-refractivity contribution in [2.24, 2.45) is 0 Å². The Labute approximate surface area is 218 Å². The predicted octanol–water partition coefficient (Wildman–Crippen LogP) is 4.99. The Morgan fingerprint density at radius 1 is 0.892 bits per heavy atom. The van der Waals surface area contributed by atoms with E-state index in [1.54, 1.807) is 6.33 Å². The average molecular weight is 497 g/mol. The van der Waals surface area contributed by atoms with Gasteiger partial charge in [-0.15, -0.1) is 0 Å². The molecular formula is C30H36N6O. The fraction of sp³-hybridized carbons (Fsp3) is 0.400. The van der Waals surface area contributed by atoms with Gasteiger partial charge in [-0.2, -0.15) is 0 Å². The molecule has 7 heteroatoms. The Kier molecular flexibility index (Phi) is 6.81. The van der Waals surface area contributed by atoms with E-state index in [0.29, 0.717) is 24.5 Å². The molecule has 0 unspecified atom stereocenters. The molecule has 7 nitrogen and oxygen atoms in total. The molecule has 0 atom stereocenters. The molecule has 1 saturated heterocycles. The van der Waals surface area contributed by atoms with E-state index in [2.05, 4.69) is 56.9 Å². The van der Waals surface area contributed by atoms with Crippen molar-refractivity contribution in [1.82, 2.24) is 24.3 Å². The minimum absolute atomic E-state index is 0.423. The fourth-order valence-corrected chi connectivity index (χ4v) is 5.99. The van der Waals surface area contributed by atoms with E-state index < -0.39 is 0 Å². The highest BCUT2D eigenvalue weighted by Gasteiger charge is 2.30. The maximum atomic E-state index is 6.43. The lowest BCUT2D eigenvalue weighted by Crippen LogP contribution is -2.49. The van der Waals surface area contributed by atoms with Gasteiger partial charge in [-0.25, -0.2) is 9.97 Å². The first kappa shape index (κ1) is 23.9. The average Bonchev–Trinajstić information content (AvgIpc) is 3.34. The van der Waals surface area contributed by atoms with Gasteiger partial charge >= 0.3 is 0 Å². The summed E-state index contributed by atoms with van der Waals surface area (Å²) in [6.45, 7) is 5.27. The lowest BCUT2D eigenvalue weighted by atomic mass is 9.89. The van der Waals surface area contributed by atoms with Gasteiger partial charge in [0.05, 0.1) is 5.39 Å². The topological polar surface area (TPSA) is 72.4 Å². The summed E-state index contributed by atoms with van der Waals surface area (Å²) in [5.41, 5.74) is 10.7. The van der Waals surface area contributed by atoms with Crippen molar-refractivity contribution < 1.29 is 4.74 Å². The molecule has 37 heavy (non-hydrogen) atoms. The zero-order valence-corrected chi connectivity index (χ0v) is 21.6. The van der Waals surface area contributed by atoms with Crippen molar-refractivity contribution in [3.05, 3.63) is 72.7 Å². The normalized spacial score (nSPS) is 21.3. The van der Waals surface area contributed by atoms with Gasteiger partial charge < -0.3 is 19.9 Å². The van der Waals surface area contributed by atoms with Gasteiger partial charge in [0, 0.05) is 50.0 Å². The Balaban J connectivity index is 1.24. The summed E-state index contributed by atoms with van der Waals surface area (Å²) < 4.78 is 8.48. The van der Waals surface area contributed by atoms with Crippen LogP contribution in [0.2, 0.25) is 0 Å². The van der Waals surface area contributed by atoms with E-state index in [9.17, 15) is 0 Å². The summed E-state index contributed by atoms with van der Waals surface area (Å²) in [7, 11) is 2.22. The number of nitrogens with two attached hydrogens (primary N) is 1. The van der Waals surface area contributed by atoms with Crippen LogP contribution in [-0.4, -0.2) is 63.6 Å². The number of nitrogens with zero attached hydrogens (tertiary/aromatic N) is 5. The summed E-state index contributed by atoms with van der Waals surface area (Å²) in [5.74, 6) is 1.37. The monoisotopic (exact) mass is 496 g/mol. The van der Waals surface area contributed by atoms with Crippen LogP contribution < -0.4 is 10.5 Å². The molecule has 4 aromatic rings. The molecule has 2 aliphatic rings. The third kappa shape index (κ3) is 5.06. The highest BCUT2D eigenvalue weighted by molar-refractivity contribution is 6.00. The number of piperazine rings is 1. The molecule has 0 spiro atoms. The van der Waals surface area contributed by atoms with E-state index in [1.807, 2.05) is 30.3 Å². The molecule has 192 valence electrons. The minimum Gasteiger partial charge on any atom is -0.489 e. The zero-order chi connectivity index (χ0) is 25.2. The Morgan fingerprint density at radius 3 is 2.43 bits per heavy atom. The number of benzene rings is 2. The third-order valence-electron chi connectivity index (χ3n) is 8.15. The number of anilines is 1. The second kappa shape index (κ2) is 10.5. The number of rotatable bonds is 6. The Bertz CT molecular complexity index is 1340. The van der Waals surface area contributed by atoms with Crippen molar-refractivity contribution >= 4 is 16.9 Å². The number of hydrogen-bond acceptors (Lipinski definition) is 6. The van der Waals surface area contributed by atoms with Crippen molar-refractivity contribution in [2.75, 3.05) is 39.0 Å². The standard InChI is InChI=1S/C30H36N6O/c1-34-14-16-35(17-15-34)24-10-12-25(13-11-24)36-19-27(28-29(31)32-21-33-30(28)36)23-8-5-9-26(18-23)37-20-22-6-3-2-4-7-22/h2-9,18-19,21,24-25H,10-17,20H2,1H3,(H2,31,32,33). The summed E-state index contributed by atoms with van der Waals surface area (Å²) >= 11 is 0. The molecule has 0 bridgehead atoms. The molecular weight excluding hydrogens is 460 g/mol. The van der Waals surface area contributed by atoms with Crippen molar-refractivity contribution in [2.45, 2.75) is 44.4 Å². The van der Waals surface area contributed by atoms with Gasteiger partial charge in [-0.3, -0.25) is 4.90 Å². The number of ether oxygens (including phenoxy) is 1. The van der Waals surface area contributed by atoms with E-state index in [0.717, 1.165) is 46.3 Å². The number of aromatic nitrogens is 3.